The minimum absolute atomic E-state index is 0.0415. The van der Waals surface area contributed by atoms with Crippen LogP contribution < -0.4 is 20.5 Å². The van der Waals surface area contributed by atoms with Crippen LogP contribution in [0.3, 0.4) is 0 Å². The number of hydrazine groups is 1. The first-order chi connectivity index (χ1) is 14.3. The quantitative estimate of drug-likeness (QED) is 0.261. The zero-order chi connectivity index (χ0) is 21.6. The standard InChI is InChI=1S/C18H24ClF2N5O2S2/c19-15(23-11-13-5-4-10-22-13)8-9-16(20)26(18-24-12-17(21)29-18)25-30(27,28)14-6-2-1-3-7-14/h1-3,6-7,12-13,15-16,22-23,25H,4-5,8-11H2/t13-,15?,16?/m1/s1. The monoisotopic (exact) mass is 479 g/mol. The summed E-state index contributed by atoms with van der Waals surface area (Å²) in [7, 11) is -4.08. The van der Waals surface area contributed by atoms with Crippen molar-refractivity contribution in [2.24, 2.45) is 0 Å². The zero-order valence-corrected chi connectivity index (χ0v) is 18.5. The number of rotatable bonds is 11. The van der Waals surface area contributed by atoms with Gasteiger partial charge in [0.2, 0.25) is 5.13 Å². The number of nitrogens with zero attached hydrogens (tertiary/aromatic N) is 2. The van der Waals surface area contributed by atoms with Gasteiger partial charge in [-0.3, -0.25) is 5.32 Å². The number of anilines is 1. The van der Waals surface area contributed by atoms with E-state index in [2.05, 4.69) is 20.4 Å². The molecule has 1 aliphatic rings. The summed E-state index contributed by atoms with van der Waals surface area (Å²) in [5, 5.41) is 6.43. The molecule has 1 aromatic heterocycles. The molecule has 12 heteroatoms. The Labute approximate surface area is 183 Å². The number of hydrogen-bond acceptors (Lipinski definition) is 7. The summed E-state index contributed by atoms with van der Waals surface area (Å²) in [5.74, 6) is 0. The second-order valence-electron chi connectivity index (χ2n) is 6.91. The highest BCUT2D eigenvalue weighted by molar-refractivity contribution is 7.89. The Morgan fingerprint density at radius 2 is 2.10 bits per heavy atom. The minimum Gasteiger partial charge on any atom is -0.313 e. The number of alkyl halides is 2. The highest BCUT2D eigenvalue weighted by Crippen LogP contribution is 2.25. The summed E-state index contributed by atoms with van der Waals surface area (Å²) in [6.07, 6.45) is 1.46. The molecule has 30 heavy (non-hydrogen) atoms. The van der Waals surface area contributed by atoms with Crippen molar-refractivity contribution in [3.8, 4) is 0 Å². The van der Waals surface area contributed by atoms with Gasteiger partial charge in [-0.25, -0.2) is 22.8 Å². The average Bonchev–Trinajstić information content (AvgIpc) is 3.41. The summed E-state index contributed by atoms with van der Waals surface area (Å²) in [4.78, 5) is 5.91. The average molecular weight is 480 g/mol. The Kier molecular flexibility index (Phi) is 8.37. The molecule has 0 radical (unpaired) electrons. The van der Waals surface area contributed by atoms with Crippen molar-refractivity contribution >= 4 is 38.1 Å². The first-order valence-electron chi connectivity index (χ1n) is 9.58. The minimum atomic E-state index is -4.08. The van der Waals surface area contributed by atoms with Gasteiger partial charge in [0.25, 0.3) is 10.0 Å². The summed E-state index contributed by atoms with van der Waals surface area (Å²) in [6, 6.07) is 7.88. The van der Waals surface area contributed by atoms with Gasteiger partial charge in [0.1, 0.15) is 0 Å². The second kappa shape index (κ2) is 10.8. The molecule has 3 atom stereocenters. The van der Waals surface area contributed by atoms with E-state index in [4.69, 9.17) is 11.6 Å². The topological polar surface area (TPSA) is 86.4 Å². The number of sulfonamides is 1. The lowest BCUT2D eigenvalue weighted by atomic mass is 10.2. The predicted molar refractivity (Wildman–Crippen MR) is 114 cm³/mol. The first-order valence-corrected chi connectivity index (χ1v) is 12.3. The molecule has 166 valence electrons. The van der Waals surface area contributed by atoms with Crippen LogP contribution in [-0.4, -0.2) is 44.3 Å². The van der Waals surface area contributed by atoms with Crippen molar-refractivity contribution in [1.29, 1.82) is 0 Å². The van der Waals surface area contributed by atoms with Crippen LogP contribution in [0.4, 0.5) is 13.9 Å². The number of benzene rings is 1. The summed E-state index contributed by atoms with van der Waals surface area (Å²) in [5.41, 5.74) is -0.480. The Balaban J connectivity index is 1.63. The van der Waals surface area contributed by atoms with E-state index in [-0.39, 0.29) is 22.9 Å². The third-order valence-corrected chi connectivity index (χ3v) is 7.12. The molecule has 1 aromatic carbocycles. The Bertz CT molecular complexity index is 897. The molecule has 3 N–H and O–H groups in total. The van der Waals surface area contributed by atoms with E-state index in [0.29, 0.717) is 23.9 Å². The first kappa shape index (κ1) is 23.3. The highest BCUT2D eigenvalue weighted by atomic mass is 35.5. The number of halogens is 3. The third kappa shape index (κ3) is 6.56. The maximum absolute atomic E-state index is 15.1. The maximum atomic E-state index is 15.1. The lowest BCUT2D eigenvalue weighted by molar-refractivity contribution is 0.281. The van der Waals surface area contributed by atoms with Crippen molar-refractivity contribution in [1.82, 2.24) is 20.4 Å². The molecule has 7 nitrogen and oxygen atoms in total. The van der Waals surface area contributed by atoms with Crippen molar-refractivity contribution < 1.29 is 17.2 Å². The van der Waals surface area contributed by atoms with Crippen LogP contribution in [0.2, 0.25) is 0 Å². The van der Waals surface area contributed by atoms with Crippen LogP contribution in [0.5, 0.6) is 0 Å². The van der Waals surface area contributed by atoms with Gasteiger partial charge in [-0.05, 0) is 37.9 Å². The van der Waals surface area contributed by atoms with E-state index in [9.17, 15) is 12.8 Å². The highest BCUT2D eigenvalue weighted by Gasteiger charge is 2.28. The molecule has 3 rings (SSSR count). The van der Waals surface area contributed by atoms with Crippen molar-refractivity contribution in [3.05, 3.63) is 41.7 Å². The molecular formula is C18H24ClF2N5O2S2. The second-order valence-corrected chi connectivity index (χ2v) is 10.1. The summed E-state index contributed by atoms with van der Waals surface area (Å²) in [6.45, 7) is 1.65. The maximum Gasteiger partial charge on any atom is 0.257 e. The predicted octanol–water partition coefficient (Wildman–Crippen LogP) is 2.96. The zero-order valence-electron chi connectivity index (χ0n) is 16.1. The summed E-state index contributed by atoms with van der Waals surface area (Å²) < 4.78 is 53.8. The van der Waals surface area contributed by atoms with Gasteiger partial charge < -0.3 is 5.32 Å². The number of hydrogen-bond donors (Lipinski definition) is 3. The van der Waals surface area contributed by atoms with E-state index in [1.807, 2.05) is 0 Å². The third-order valence-electron chi connectivity index (χ3n) is 4.63. The van der Waals surface area contributed by atoms with E-state index in [1.165, 1.54) is 12.1 Å². The number of nitrogens with one attached hydrogen (secondary N) is 3. The largest absolute Gasteiger partial charge is 0.313 e. The molecule has 2 heterocycles. The van der Waals surface area contributed by atoms with Crippen LogP contribution in [0.1, 0.15) is 25.7 Å². The molecule has 0 amide bonds. The molecule has 1 fully saturated rings. The SMILES string of the molecule is O=S(=O)(NN(c1ncc(F)s1)C(F)CCC(Cl)NC[C@H]1CCCN1)c1ccccc1. The van der Waals surface area contributed by atoms with E-state index in [1.54, 1.807) is 18.2 Å². The van der Waals surface area contributed by atoms with Crippen LogP contribution in [-0.2, 0) is 10.0 Å². The van der Waals surface area contributed by atoms with E-state index in [0.717, 1.165) is 30.6 Å². The van der Waals surface area contributed by atoms with Gasteiger partial charge in [0.05, 0.1) is 16.6 Å². The van der Waals surface area contributed by atoms with Gasteiger partial charge in [-0.2, -0.15) is 4.39 Å². The van der Waals surface area contributed by atoms with Crippen LogP contribution >= 0.6 is 22.9 Å². The fourth-order valence-corrected chi connectivity index (χ4v) is 5.07. The molecule has 0 saturated carbocycles. The fourth-order valence-electron chi connectivity index (χ4n) is 3.07. The van der Waals surface area contributed by atoms with Crippen molar-refractivity contribution in [2.45, 2.75) is 48.4 Å². The van der Waals surface area contributed by atoms with Crippen LogP contribution in [0.15, 0.2) is 41.4 Å². The van der Waals surface area contributed by atoms with Gasteiger partial charge >= 0.3 is 0 Å². The lowest BCUT2D eigenvalue weighted by Gasteiger charge is -2.26. The fraction of sp³-hybridized carbons (Fsp3) is 0.500. The Morgan fingerprint density at radius 3 is 2.73 bits per heavy atom. The normalized spacial score (nSPS) is 19.0. The Hall–Kier alpha value is -1.37. The number of thiazole rings is 1. The Morgan fingerprint density at radius 1 is 1.33 bits per heavy atom. The smallest absolute Gasteiger partial charge is 0.257 e. The molecule has 1 aliphatic heterocycles. The molecule has 2 aromatic rings. The van der Waals surface area contributed by atoms with Crippen LogP contribution in [0, 0.1) is 5.13 Å². The van der Waals surface area contributed by atoms with Gasteiger partial charge in [0, 0.05) is 19.0 Å². The van der Waals surface area contributed by atoms with Gasteiger partial charge in [-0.1, -0.05) is 29.5 Å². The molecule has 2 unspecified atom stereocenters. The van der Waals surface area contributed by atoms with E-state index < -0.39 is 27.0 Å². The molecular weight excluding hydrogens is 456 g/mol. The molecule has 0 aliphatic carbocycles. The molecule has 0 bridgehead atoms. The summed E-state index contributed by atoms with van der Waals surface area (Å²) >= 11 is 6.80. The van der Waals surface area contributed by atoms with Crippen LogP contribution in [0.25, 0.3) is 0 Å². The number of aromatic nitrogens is 1. The molecule has 0 spiro atoms. The van der Waals surface area contributed by atoms with Gasteiger partial charge in [0.15, 0.2) is 11.4 Å². The van der Waals surface area contributed by atoms with E-state index >= 15 is 4.39 Å². The lowest BCUT2D eigenvalue weighted by Crippen LogP contribution is -2.47. The van der Waals surface area contributed by atoms with Gasteiger partial charge in [-0.15, -0.1) is 16.4 Å². The van der Waals surface area contributed by atoms with Crippen molar-refractivity contribution in [2.75, 3.05) is 18.1 Å². The van der Waals surface area contributed by atoms with Crippen molar-refractivity contribution in [3.63, 3.8) is 0 Å². The molecule has 1 saturated heterocycles.